The van der Waals surface area contributed by atoms with Crippen LogP contribution in [0.4, 0.5) is 11.5 Å². The van der Waals surface area contributed by atoms with Crippen LogP contribution in [0.2, 0.25) is 0 Å². The molecule has 10 nitrogen and oxygen atoms in total. The van der Waals surface area contributed by atoms with E-state index >= 15 is 0 Å². The second-order valence-electron chi connectivity index (χ2n) is 6.75. The van der Waals surface area contributed by atoms with Crippen LogP contribution in [0.1, 0.15) is 33.6 Å². The molecule has 1 aromatic carbocycles. The van der Waals surface area contributed by atoms with Gasteiger partial charge in [0.15, 0.2) is 0 Å². The molecule has 10 heteroatoms. The number of aromatic amines is 1. The standard InChI is InChI=1S/C19H19N3O7/c20-15-13(18(26)27)12(14(19(28)29)16(23)21-15)9-1-3-11(4-2-9)22-7-5-10(6-8-22)17(24)25/h1-4,10H,5-8H2,(H,24,25)(H,26,27)(H,28,29)(H3,20,21,23). The highest BCUT2D eigenvalue weighted by atomic mass is 16.4. The molecule has 0 radical (unpaired) electrons. The van der Waals surface area contributed by atoms with Gasteiger partial charge in [0, 0.05) is 24.3 Å². The topological polar surface area (TPSA) is 174 Å². The number of hydrogen-bond acceptors (Lipinski definition) is 6. The Hall–Kier alpha value is -3.82. The summed E-state index contributed by atoms with van der Waals surface area (Å²) < 4.78 is 0. The minimum Gasteiger partial charge on any atom is -0.481 e. The van der Waals surface area contributed by atoms with Gasteiger partial charge in [-0.15, -0.1) is 0 Å². The fourth-order valence-electron chi connectivity index (χ4n) is 3.56. The monoisotopic (exact) mass is 401 g/mol. The first-order valence-electron chi connectivity index (χ1n) is 8.81. The number of aliphatic carboxylic acids is 1. The molecule has 0 bridgehead atoms. The summed E-state index contributed by atoms with van der Waals surface area (Å²) in [5.74, 6) is -4.64. The number of piperidine rings is 1. The van der Waals surface area contributed by atoms with Gasteiger partial charge in [0.25, 0.3) is 5.56 Å². The first-order valence-corrected chi connectivity index (χ1v) is 8.81. The van der Waals surface area contributed by atoms with Crippen LogP contribution in [-0.2, 0) is 4.79 Å². The molecule has 0 atom stereocenters. The van der Waals surface area contributed by atoms with Crippen LogP contribution >= 0.6 is 0 Å². The Bertz CT molecular complexity index is 1040. The van der Waals surface area contributed by atoms with E-state index in [0.29, 0.717) is 25.9 Å². The Balaban J connectivity index is 2.00. The summed E-state index contributed by atoms with van der Waals surface area (Å²) in [6, 6.07) is 6.38. The van der Waals surface area contributed by atoms with Crippen molar-refractivity contribution >= 4 is 29.4 Å². The molecule has 0 amide bonds. The molecule has 2 aromatic rings. The van der Waals surface area contributed by atoms with Crippen molar-refractivity contribution in [2.75, 3.05) is 23.7 Å². The van der Waals surface area contributed by atoms with Crippen LogP contribution < -0.4 is 16.2 Å². The molecular weight excluding hydrogens is 382 g/mol. The third kappa shape index (κ3) is 3.77. The molecular formula is C19H19N3O7. The molecule has 152 valence electrons. The minimum atomic E-state index is -1.57. The van der Waals surface area contributed by atoms with Gasteiger partial charge in [-0.2, -0.15) is 0 Å². The number of anilines is 2. The van der Waals surface area contributed by atoms with Gasteiger partial charge in [-0.1, -0.05) is 12.1 Å². The summed E-state index contributed by atoms with van der Waals surface area (Å²) in [6.07, 6.45) is 1.02. The zero-order valence-corrected chi connectivity index (χ0v) is 15.2. The number of pyridine rings is 1. The molecule has 0 spiro atoms. The number of aromatic carboxylic acids is 2. The first kappa shape index (κ1) is 19.9. The molecule has 29 heavy (non-hydrogen) atoms. The third-order valence-electron chi connectivity index (χ3n) is 5.04. The quantitative estimate of drug-likeness (QED) is 0.495. The van der Waals surface area contributed by atoms with Crippen molar-refractivity contribution in [3.05, 3.63) is 45.7 Å². The summed E-state index contributed by atoms with van der Waals surface area (Å²) in [5.41, 5.74) is 4.19. The van der Waals surface area contributed by atoms with Gasteiger partial charge in [0.2, 0.25) is 0 Å². The van der Waals surface area contributed by atoms with Gasteiger partial charge in [-0.05, 0) is 30.5 Å². The minimum absolute atomic E-state index is 0.224. The molecule has 0 unspecified atom stereocenters. The molecule has 0 aliphatic carbocycles. The second kappa shape index (κ2) is 7.66. The second-order valence-corrected chi connectivity index (χ2v) is 6.75. The van der Waals surface area contributed by atoms with Gasteiger partial charge < -0.3 is 30.9 Å². The van der Waals surface area contributed by atoms with E-state index in [1.807, 2.05) is 4.90 Å². The maximum atomic E-state index is 12.1. The number of nitrogens with two attached hydrogens (primary N) is 1. The molecule has 1 fully saturated rings. The van der Waals surface area contributed by atoms with E-state index in [4.69, 9.17) is 10.8 Å². The number of aromatic nitrogens is 1. The highest BCUT2D eigenvalue weighted by Crippen LogP contribution is 2.31. The number of hydrogen-bond donors (Lipinski definition) is 5. The van der Waals surface area contributed by atoms with Crippen LogP contribution in [0.3, 0.4) is 0 Å². The van der Waals surface area contributed by atoms with E-state index in [2.05, 4.69) is 4.98 Å². The predicted molar refractivity (Wildman–Crippen MR) is 103 cm³/mol. The van der Waals surface area contributed by atoms with Crippen molar-refractivity contribution < 1.29 is 29.7 Å². The average Bonchev–Trinajstić information content (AvgIpc) is 2.67. The van der Waals surface area contributed by atoms with Crippen molar-refractivity contribution in [3.63, 3.8) is 0 Å². The smallest absolute Gasteiger partial charge is 0.342 e. The number of nitrogens with zero attached hydrogens (tertiary/aromatic N) is 1. The zero-order chi connectivity index (χ0) is 21.3. The van der Waals surface area contributed by atoms with Gasteiger partial charge in [-0.3, -0.25) is 9.59 Å². The van der Waals surface area contributed by atoms with E-state index in [-0.39, 0.29) is 17.0 Å². The van der Waals surface area contributed by atoms with Crippen molar-refractivity contribution in [2.24, 2.45) is 5.92 Å². The number of H-pyrrole nitrogens is 1. The summed E-state index contributed by atoms with van der Waals surface area (Å²) in [5, 5.41) is 28.0. The SMILES string of the molecule is Nc1[nH]c(=O)c(C(=O)O)c(-c2ccc(N3CCC(C(=O)O)CC3)cc2)c1C(=O)O. The number of nitrogen functional groups attached to an aromatic ring is 1. The Labute approximate surface area is 164 Å². The van der Waals surface area contributed by atoms with Gasteiger partial charge in [0.1, 0.15) is 16.9 Å². The van der Waals surface area contributed by atoms with Crippen molar-refractivity contribution in [1.29, 1.82) is 0 Å². The number of rotatable bonds is 5. The van der Waals surface area contributed by atoms with Crippen LogP contribution in [0.15, 0.2) is 29.1 Å². The van der Waals surface area contributed by atoms with Crippen molar-refractivity contribution in [1.82, 2.24) is 4.98 Å². The highest BCUT2D eigenvalue weighted by Gasteiger charge is 2.27. The maximum Gasteiger partial charge on any atom is 0.342 e. The molecule has 2 heterocycles. The molecule has 0 saturated carbocycles. The summed E-state index contributed by atoms with van der Waals surface area (Å²) in [6.45, 7) is 1.10. The lowest BCUT2D eigenvalue weighted by molar-refractivity contribution is -0.142. The lowest BCUT2D eigenvalue weighted by atomic mass is 9.94. The lowest BCUT2D eigenvalue weighted by Gasteiger charge is -2.32. The Kier molecular flexibility index (Phi) is 5.26. The third-order valence-corrected chi connectivity index (χ3v) is 5.04. The number of carboxylic acid groups (broad SMARTS) is 3. The Morgan fingerprint density at radius 1 is 0.966 bits per heavy atom. The molecule has 1 aromatic heterocycles. The van der Waals surface area contributed by atoms with E-state index in [1.54, 1.807) is 12.1 Å². The molecule has 1 aliphatic rings. The van der Waals surface area contributed by atoms with E-state index < -0.39 is 40.4 Å². The number of nitrogens with one attached hydrogen (secondary N) is 1. The van der Waals surface area contributed by atoms with E-state index in [9.17, 15) is 29.4 Å². The fourth-order valence-corrected chi connectivity index (χ4v) is 3.56. The van der Waals surface area contributed by atoms with Gasteiger partial charge >= 0.3 is 17.9 Å². The normalized spacial score (nSPS) is 14.6. The molecule has 1 aliphatic heterocycles. The van der Waals surface area contributed by atoms with Crippen LogP contribution in [0, 0.1) is 5.92 Å². The summed E-state index contributed by atoms with van der Waals surface area (Å²) in [4.78, 5) is 50.5. The maximum absolute atomic E-state index is 12.1. The lowest BCUT2D eigenvalue weighted by Crippen LogP contribution is -2.36. The van der Waals surface area contributed by atoms with Crippen LogP contribution in [0.25, 0.3) is 11.1 Å². The Morgan fingerprint density at radius 2 is 1.52 bits per heavy atom. The van der Waals surface area contributed by atoms with Crippen molar-refractivity contribution in [3.8, 4) is 11.1 Å². The number of carbonyl (C=O) groups is 3. The van der Waals surface area contributed by atoms with Crippen LogP contribution in [0.5, 0.6) is 0 Å². The van der Waals surface area contributed by atoms with Gasteiger partial charge in [-0.25, -0.2) is 9.59 Å². The first-order chi connectivity index (χ1) is 13.7. The molecule has 1 saturated heterocycles. The zero-order valence-electron chi connectivity index (χ0n) is 15.2. The van der Waals surface area contributed by atoms with Gasteiger partial charge in [0.05, 0.1) is 5.92 Å². The molecule has 6 N–H and O–H groups in total. The highest BCUT2D eigenvalue weighted by molar-refractivity contribution is 6.07. The summed E-state index contributed by atoms with van der Waals surface area (Å²) in [7, 11) is 0. The Morgan fingerprint density at radius 3 is 2.00 bits per heavy atom. The fraction of sp³-hybridized carbons (Fsp3) is 0.263. The summed E-state index contributed by atoms with van der Waals surface area (Å²) >= 11 is 0. The van der Waals surface area contributed by atoms with E-state index in [0.717, 1.165) is 5.69 Å². The molecule has 3 rings (SSSR count). The van der Waals surface area contributed by atoms with Crippen LogP contribution in [-0.4, -0.2) is 51.3 Å². The average molecular weight is 401 g/mol. The number of carboxylic acids is 3. The van der Waals surface area contributed by atoms with Crippen molar-refractivity contribution in [2.45, 2.75) is 12.8 Å². The largest absolute Gasteiger partial charge is 0.481 e. The predicted octanol–water partition coefficient (Wildman–Crippen LogP) is 1.32. The van der Waals surface area contributed by atoms with E-state index in [1.165, 1.54) is 12.1 Å². The number of benzene rings is 1.